The normalized spacial score (nSPS) is 21.3. The van der Waals surface area contributed by atoms with Gasteiger partial charge in [-0.15, -0.1) is 12.4 Å². The Kier molecular flexibility index (Phi) is 9.30. The molecule has 5 heteroatoms. The molecule has 0 spiro atoms. The second kappa shape index (κ2) is 10.7. The van der Waals surface area contributed by atoms with Gasteiger partial charge in [0.2, 0.25) is 5.91 Å². The zero-order valence-electron chi connectivity index (χ0n) is 15.7. The molecule has 4 nitrogen and oxygen atoms in total. The van der Waals surface area contributed by atoms with Crippen molar-refractivity contribution in [2.45, 2.75) is 77.5 Å². The molecule has 3 N–H and O–H groups in total. The van der Waals surface area contributed by atoms with Gasteiger partial charge < -0.3 is 15.8 Å². The zero-order valence-corrected chi connectivity index (χ0v) is 16.5. The van der Waals surface area contributed by atoms with Gasteiger partial charge in [-0.2, -0.15) is 0 Å². The average Bonchev–Trinajstić information content (AvgIpc) is 2.53. The molecule has 0 aliphatic heterocycles. The lowest BCUT2D eigenvalue weighted by molar-refractivity contribution is -0.126. The van der Waals surface area contributed by atoms with Crippen LogP contribution >= 0.6 is 12.4 Å². The van der Waals surface area contributed by atoms with E-state index in [1.54, 1.807) is 0 Å². The number of halogens is 1. The lowest BCUT2D eigenvalue weighted by Crippen LogP contribution is -2.41. The van der Waals surface area contributed by atoms with Crippen LogP contribution in [0.4, 0.5) is 0 Å². The first-order valence-electron chi connectivity index (χ1n) is 9.25. The lowest BCUT2D eigenvalue weighted by atomic mass is 9.85. The number of carbonyl (C=O) groups excluding carboxylic acids is 1. The molecule has 25 heavy (non-hydrogen) atoms. The van der Waals surface area contributed by atoms with E-state index in [-0.39, 0.29) is 42.4 Å². The standard InChI is InChI=1S/C20H32N2O2.ClH/c1-14(2)24-19-11-9-16(10-12-19)8-7-15(3)22-20(23)17-5-4-6-18(21)13-17;/h9-12,14-15,17-18H,4-8,13,21H2,1-3H3,(H,22,23);1H. The van der Waals surface area contributed by atoms with Crippen molar-refractivity contribution >= 4 is 18.3 Å². The van der Waals surface area contributed by atoms with Gasteiger partial charge in [0.05, 0.1) is 6.10 Å². The number of rotatable bonds is 7. The Balaban J connectivity index is 0.00000312. The molecule has 3 unspecified atom stereocenters. The van der Waals surface area contributed by atoms with Crippen molar-refractivity contribution < 1.29 is 9.53 Å². The highest BCUT2D eigenvalue weighted by Gasteiger charge is 2.25. The Morgan fingerprint density at radius 1 is 1.24 bits per heavy atom. The second-order valence-corrected chi connectivity index (χ2v) is 7.38. The van der Waals surface area contributed by atoms with E-state index >= 15 is 0 Å². The monoisotopic (exact) mass is 368 g/mol. The average molecular weight is 369 g/mol. The Hall–Kier alpha value is -1.26. The van der Waals surface area contributed by atoms with Gasteiger partial charge in [-0.25, -0.2) is 0 Å². The van der Waals surface area contributed by atoms with Crippen LogP contribution in [0.25, 0.3) is 0 Å². The van der Waals surface area contributed by atoms with Gasteiger partial charge >= 0.3 is 0 Å². The highest BCUT2D eigenvalue weighted by atomic mass is 35.5. The molecule has 0 radical (unpaired) electrons. The van der Waals surface area contributed by atoms with Gasteiger partial charge in [-0.3, -0.25) is 4.79 Å². The third-order valence-electron chi connectivity index (χ3n) is 4.64. The molecule has 1 aliphatic carbocycles. The van der Waals surface area contributed by atoms with Crippen LogP contribution in [0.5, 0.6) is 5.75 Å². The van der Waals surface area contributed by atoms with Crippen LogP contribution < -0.4 is 15.8 Å². The first kappa shape index (κ1) is 21.8. The summed E-state index contributed by atoms with van der Waals surface area (Å²) >= 11 is 0. The number of amides is 1. The summed E-state index contributed by atoms with van der Waals surface area (Å²) in [6, 6.07) is 8.61. The van der Waals surface area contributed by atoms with Gasteiger partial charge in [-0.05, 0) is 70.6 Å². The zero-order chi connectivity index (χ0) is 17.5. The van der Waals surface area contributed by atoms with E-state index in [2.05, 4.69) is 24.4 Å². The van der Waals surface area contributed by atoms with Crippen molar-refractivity contribution in [3.05, 3.63) is 29.8 Å². The molecule has 1 aliphatic rings. The van der Waals surface area contributed by atoms with E-state index in [4.69, 9.17) is 10.5 Å². The van der Waals surface area contributed by atoms with E-state index in [0.717, 1.165) is 44.3 Å². The third kappa shape index (κ3) is 7.66. The van der Waals surface area contributed by atoms with Crippen molar-refractivity contribution in [3.63, 3.8) is 0 Å². The van der Waals surface area contributed by atoms with E-state index in [1.165, 1.54) is 5.56 Å². The highest BCUT2D eigenvalue weighted by molar-refractivity contribution is 5.85. The number of hydrogen-bond acceptors (Lipinski definition) is 3. The topological polar surface area (TPSA) is 64.3 Å². The van der Waals surface area contributed by atoms with Crippen LogP contribution in [-0.4, -0.2) is 24.1 Å². The largest absolute Gasteiger partial charge is 0.491 e. The summed E-state index contributed by atoms with van der Waals surface area (Å²) in [4.78, 5) is 12.3. The number of benzene rings is 1. The maximum Gasteiger partial charge on any atom is 0.223 e. The molecule has 1 aromatic rings. The molecule has 1 amide bonds. The fourth-order valence-corrected chi connectivity index (χ4v) is 3.29. The molecular weight excluding hydrogens is 336 g/mol. The van der Waals surface area contributed by atoms with Gasteiger partial charge in [0, 0.05) is 18.0 Å². The summed E-state index contributed by atoms with van der Waals surface area (Å²) in [7, 11) is 0. The highest BCUT2D eigenvalue weighted by Crippen LogP contribution is 2.23. The summed E-state index contributed by atoms with van der Waals surface area (Å²) in [5.74, 6) is 1.19. The van der Waals surface area contributed by atoms with Crippen molar-refractivity contribution in [1.82, 2.24) is 5.32 Å². The maximum absolute atomic E-state index is 12.3. The molecule has 142 valence electrons. The van der Waals surface area contributed by atoms with Crippen LogP contribution in [0.1, 0.15) is 58.4 Å². The minimum atomic E-state index is 0. The Bertz CT molecular complexity index is 519. The molecule has 0 saturated heterocycles. The number of hydrogen-bond donors (Lipinski definition) is 2. The van der Waals surface area contributed by atoms with Crippen molar-refractivity contribution in [2.75, 3.05) is 0 Å². The fraction of sp³-hybridized carbons (Fsp3) is 0.650. The van der Waals surface area contributed by atoms with Crippen LogP contribution in [0.15, 0.2) is 24.3 Å². The number of nitrogens with one attached hydrogen (secondary N) is 1. The van der Waals surface area contributed by atoms with Crippen LogP contribution in [0, 0.1) is 5.92 Å². The predicted octanol–water partition coefficient (Wildman–Crippen LogP) is 3.85. The third-order valence-corrected chi connectivity index (χ3v) is 4.64. The van der Waals surface area contributed by atoms with E-state index in [9.17, 15) is 4.79 Å². The van der Waals surface area contributed by atoms with Crippen LogP contribution in [-0.2, 0) is 11.2 Å². The Morgan fingerprint density at radius 3 is 2.52 bits per heavy atom. The summed E-state index contributed by atoms with van der Waals surface area (Å²) in [6.45, 7) is 6.13. The summed E-state index contributed by atoms with van der Waals surface area (Å²) < 4.78 is 5.66. The molecule has 3 atom stereocenters. The molecule has 2 rings (SSSR count). The Labute approximate surface area is 158 Å². The minimum absolute atomic E-state index is 0. The van der Waals surface area contributed by atoms with Crippen molar-refractivity contribution in [1.29, 1.82) is 0 Å². The van der Waals surface area contributed by atoms with Gasteiger partial charge in [0.1, 0.15) is 5.75 Å². The fourth-order valence-electron chi connectivity index (χ4n) is 3.29. The second-order valence-electron chi connectivity index (χ2n) is 7.38. The van der Waals surface area contributed by atoms with E-state index in [0.29, 0.717) is 0 Å². The van der Waals surface area contributed by atoms with Crippen LogP contribution in [0.2, 0.25) is 0 Å². The molecule has 0 aromatic heterocycles. The maximum atomic E-state index is 12.3. The smallest absolute Gasteiger partial charge is 0.223 e. The Morgan fingerprint density at radius 2 is 1.92 bits per heavy atom. The number of aryl methyl sites for hydroxylation is 1. The molecule has 0 bridgehead atoms. The van der Waals surface area contributed by atoms with Gasteiger partial charge in [0.15, 0.2) is 0 Å². The summed E-state index contributed by atoms with van der Waals surface area (Å²) in [5, 5.41) is 3.16. The van der Waals surface area contributed by atoms with Crippen molar-refractivity contribution in [3.8, 4) is 5.75 Å². The summed E-state index contributed by atoms with van der Waals surface area (Å²) in [6.07, 6.45) is 6.01. The predicted molar refractivity (Wildman–Crippen MR) is 105 cm³/mol. The van der Waals surface area contributed by atoms with Crippen molar-refractivity contribution in [2.24, 2.45) is 11.7 Å². The first-order valence-corrected chi connectivity index (χ1v) is 9.25. The number of carbonyl (C=O) groups is 1. The quantitative estimate of drug-likeness (QED) is 0.768. The minimum Gasteiger partial charge on any atom is -0.491 e. The number of ether oxygens (including phenoxy) is 1. The SMILES string of the molecule is CC(CCc1ccc(OC(C)C)cc1)NC(=O)C1CCCC(N)C1.Cl. The van der Waals surface area contributed by atoms with Crippen LogP contribution in [0.3, 0.4) is 0 Å². The molecule has 1 saturated carbocycles. The molecule has 1 aromatic carbocycles. The molecular formula is C20H33ClN2O2. The lowest BCUT2D eigenvalue weighted by Gasteiger charge is -2.27. The summed E-state index contributed by atoms with van der Waals surface area (Å²) in [5.41, 5.74) is 7.25. The first-order chi connectivity index (χ1) is 11.4. The van der Waals surface area contributed by atoms with E-state index < -0.39 is 0 Å². The molecule has 0 heterocycles. The van der Waals surface area contributed by atoms with E-state index in [1.807, 2.05) is 26.0 Å². The van der Waals surface area contributed by atoms with Gasteiger partial charge in [-0.1, -0.05) is 18.6 Å². The molecule has 1 fully saturated rings. The van der Waals surface area contributed by atoms with Gasteiger partial charge in [0.25, 0.3) is 0 Å². The number of nitrogens with two attached hydrogens (primary N) is 1.